The first-order chi connectivity index (χ1) is 12.8. The Morgan fingerprint density at radius 1 is 1.11 bits per heavy atom. The lowest BCUT2D eigenvalue weighted by Gasteiger charge is -2.19. The summed E-state index contributed by atoms with van der Waals surface area (Å²) in [7, 11) is 0. The number of hydrogen-bond donors (Lipinski definition) is 2. The first kappa shape index (κ1) is 20.3. The van der Waals surface area contributed by atoms with Crippen molar-refractivity contribution in [3.63, 3.8) is 0 Å². The van der Waals surface area contributed by atoms with Gasteiger partial charge in [-0.3, -0.25) is 4.79 Å². The molecule has 0 spiro atoms. The molecule has 0 heterocycles. The molecule has 0 bridgehead atoms. The second-order valence-electron chi connectivity index (χ2n) is 6.66. The van der Waals surface area contributed by atoms with Gasteiger partial charge in [-0.25, -0.2) is 4.79 Å². The van der Waals surface area contributed by atoms with E-state index >= 15 is 0 Å². The molecule has 2 aromatic rings. The van der Waals surface area contributed by atoms with Crippen LogP contribution in [0.15, 0.2) is 42.5 Å². The van der Waals surface area contributed by atoms with Crippen molar-refractivity contribution in [2.75, 3.05) is 11.9 Å². The average Bonchev–Trinajstić information content (AvgIpc) is 2.60. The van der Waals surface area contributed by atoms with Crippen LogP contribution in [-0.4, -0.2) is 29.7 Å². The maximum atomic E-state index is 12.5. The van der Waals surface area contributed by atoms with Crippen LogP contribution in [0.1, 0.15) is 37.8 Å². The van der Waals surface area contributed by atoms with Crippen LogP contribution in [0.2, 0.25) is 0 Å². The van der Waals surface area contributed by atoms with E-state index in [0.29, 0.717) is 17.2 Å². The van der Waals surface area contributed by atoms with Crippen molar-refractivity contribution < 1.29 is 24.2 Å². The van der Waals surface area contributed by atoms with E-state index in [4.69, 9.17) is 14.6 Å². The fraction of sp³-hybridized carbons (Fsp3) is 0.333. The number of nitrogens with one attached hydrogen (secondary N) is 1. The number of carboxylic acid groups (broad SMARTS) is 1. The Balaban J connectivity index is 2.05. The van der Waals surface area contributed by atoms with Crippen LogP contribution in [0.5, 0.6) is 11.5 Å². The normalized spacial score (nSPS) is 11.7. The molecule has 0 radical (unpaired) electrons. The molecule has 144 valence electrons. The summed E-state index contributed by atoms with van der Waals surface area (Å²) in [5.41, 5.74) is 2.61. The minimum atomic E-state index is -1.06. The lowest BCUT2D eigenvalue weighted by molar-refractivity contribution is -0.139. The molecule has 1 atom stereocenters. The molecule has 0 fully saturated rings. The Morgan fingerprint density at radius 3 is 2.52 bits per heavy atom. The number of rotatable bonds is 8. The van der Waals surface area contributed by atoms with Crippen molar-refractivity contribution in [1.29, 1.82) is 0 Å². The highest BCUT2D eigenvalue weighted by molar-refractivity contribution is 5.94. The average molecular weight is 371 g/mol. The third-order valence-corrected chi connectivity index (χ3v) is 3.93. The van der Waals surface area contributed by atoms with E-state index < -0.39 is 18.7 Å². The number of carboxylic acids is 1. The quantitative estimate of drug-likeness (QED) is 0.733. The largest absolute Gasteiger partial charge is 0.482 e. The summed E-state index contributed by atoms with van der Waals surface area (Å²) in [5.74, 6) is -0.0261. The van der Waals surface area contributed by atoms with E-state index in [9.17, 15) is 9.59 Å². The van der Waals surface area contributed by atoms with Gasteiger partial charge in [-0.05, 0) is 49.1 Å². The fourth-order valence-electron chi connectivity index (χ4n) is 2.52. The van der Waals surface area contributed by atoms with Gasteiger partial charge in [-0.2, -0.15) is 0 Å². The van der Waals surface area contributed by atoms with Crippen LogP contribution < -0.4 is 14.8 Å². The molecular formula is C21H25NO5. The molecule has 0 saturated heterocycles. The zero-order valence-corrected chi connectivity index (χ0v) is 16.0. The minimum Gasteiger partial charge on any atom is -0.482 e. The molecule has 1 amide bonds. The zero-order valence-electron chi connectivity index (χ0n) is 16.0. The van der Waals surface area contributed by atoms with Crippen molar-refractivity contribution in [2.24, 2.45) is 0 Å². The summed E-state index contributed by atoms with van der Waals surface area (Å²) < 4.78 is 11.0. The predicted octanol–water partition coefficient (Wildman–Crippen LogP) is 3.99. The van der Waals surface area contributed by atoms with Gasteiger partial charge in [0, 0.05) is 11.8 Å². The number of aliphatic carboxylic acids is 1. The van der Waals surface area contributed by atoms with Crippen molar-refractivity contribution in [1.82, 2.24) is 0 Å². The van der Waals surface area contributed by atoms with Crippen molar-refractivity contribution >= 4 is 17.6 Å². The number of benzene rings is 2. The summed E-state index contributed by atoms with van der Waals surface area (Å²) in [6.45, 7) is 7.37. The second-order valence-corrected chi connectivity index (χ2v) is 6.66. The van der Waals surface area contributed by atoms with Crippen LogP contribution in [0, 0.1) is 6.92 Å². The molecule has 0 aliphatic carbocycles. The van der Waals surface area contributed by atoms with Gasteiger partial charge in [0.25, 0.3) is 5.91 Å². The summed E-state index contributed by atoms with van der Waals surface area (Å²) in [6.07, 6.45) is -0.701. The predicted molar refractivity (Wildman–Crippen MR) is 104 cm³/mol. The smallest absolute Gasteiger partial charge is 0.341 e. The van der Waals surface area contributed by atoms with E-state index in [0.717, 1.165) is 11.1 Å². The molecule has 0 aliphatic heterocycles. The van der Waals surface area contributed by atoms with Gasteiger partial charge in [0.15, 0.2) is 12.7 Å². The van der Waals surface area contributed by atoms with Crippen LogP contribution in [0.4, 0.5) is 5.69 Å². The Bertz CT molecular complexity index is 816. The molecule has 0 aromatic heterocycles. The molecule has 2 N–H and O–H groups in total. The third-order valence-electron chi connectivity index (χ3n) is 3.93. The molecule has 2 aromatic carbocycles. The van der Waals surface area contributed by atoms with Crippen molar-refractivity contribution in [2.45, 2.75) is 39.7 Å². The number of ether oxygens (including phenoxy) is 2. The second kappa shape index (κ2) is 9.07. The molecular weight excluding hydrogens is 346 g/mol. The topological polar surface area (TPSA) is 84.9 Å². The minimum absolute atomic E-state index is 0.277. The first-order valence-electron chi connectivity index (χ1n) is 8.79. The van der Waals surface area contributed by atoms with Crippen LogP contribution >= 0.6 is 0 Å². The van der Waals surface area contributed by atoms with E-state index in [1.54, 1.807) is 31.2 Å². The zero-order chi connectivity index (χ0) is 20.0. The standard InChI is InChI=1S/C21H25NO5/c1-13(2)18-9-8-14(3)10-19(18)27-15(4)21(25)22-16-6-5-7-17(11-16)26-12-20(23)24/h5-11,13,15H,12H2,1-4H3,(H,22,25)(H,23,24). The summed E-state index contributed by atoms with van der Waals surface area (Å²) in [5, 5.41) is 11.4. The van der Waals surface area contributed by atoms with Gasteiger partial charge in [-0.15, -0.1) is 0 Å². The maximum absolute atomic E-state index is 12.5. The number of carbonyl (C=O) groups is 2. The Labute approximate surface area is 159 Å². The van der Waals surface area contributed by atoms with E-state index in [-0.39, 0.29) is 11.8 Å². The van der Waals surface area contributed by atoms with Gasteiger partial charge >= 0.3 is 5.97 Å². The van der Waals surface area contributed by atoms with Gasteiger partial charge in [0.1, 0.15) is 11.5 Å². The Morgan fingerprint density at radius 2 is 1.85 bits per heavy atom. The Kier molecular flexibility index (Phi) is 6.82. The lowest BCUT2D eigenvalue weighted by atomic mass is 10.0. The Hall–Kier alpha value is -3.02. The first-order valence-corrected chi connectivity index (χ1v) is 8.79. The summed E-state index contributed by atoms with van der Waals surface area (Å²) >= 11 is 0. The summed E-state index contributed by atoms with van der Waals surface area (Å²) in [4.78, 5) is 23.1. The highest BCUT2D eigenvalue weighted by Gasteiger charge is 2.18. The third kappa shape index (κ3) is 6.02. The van der Waals surface area contributed by atoms with E-state index in [1.165, 1.54) is 0 Å². The molecule has 1 unspecified atom stereocenters. The van der Waals surface area contributed by atoms with E-state index in [2.05, 4.69) is 19.2 Å². The fourth-order valence-corrected chi connectivity index (χ4v) is 2.52. The maximum Gasteiger partial charge on any atom is 0.341 e. The molecule has 6 heteroatoms. The molecule has 0 aliphatic rings. The number of carbonyl (C=O) groups excluding carboxylic acids is 1. The summed E-state index contributed by atoms with van der Waals surface area (Å²) in [6, 6.07) is 12.5. The van der Waals surface area contributed by atoms with Crippen LogP contribution in [0.25, 0.3) is 0 Å². The van der Waals surface area contributed by atoms with Crippen molar-refractivity contribution in [3.8, 4) is 11.5 Å². The molecule has 6 nitrogen and oxygen atoms in total. The SMILES string of the molecule is Cc1ccc(C(C)C)c(OC(C)C(=O)Nc2cccc(OCC(=O)O)c2)c1. The van der Waals surface area contributed by atoms with Gasteiger partial charge < -0.3 is 19.9 Å². The number of hydrogen-bond acceptors (Lipinski definition) is 4. The molecule has 0 saturated carbocycles. The van der Waals surface area contributed by atoms with Gasteiger partial charge in [0.05, 0.1) is 0 Å². The highest BCUT2D eigenvalue weighted by atomic mass is 16.5. The van der Waals surface area contributed by atoms with Crippen molar-refractivity contribution in [3.05, 3.63) is 53.6 Å². The molecule has 27 heavy (non-hydrogen) atoms. The number of anilines is 1. The van der Waals surface area contributed by atoms with Crippen LogP contribution in [-0.2, 0) is 9.59 Å². The number of aryl methyl sites for hydroxylation is 1. The lowest BCUT2D eigenvalue weighted by Crippen LogP contribution is -2.30. The van der Waals surface area contributed by atoms with Crippen LogP contribution in [0.3, 0.4) is 0 Å². The molecule has 2 rings (SSSR count). The van der Waals surface area contributed by atoms with E-state index in [1.807, 2.05) is 25.1 Å². The van der Waals surface area contributed by atoms with Gasteiger partial charge in [-0.1, -0.05) is 32.0 Å². The highest BCUT2D eigenvalue weighted by Crippen LogP contribution is 2.28. The number of amides is 1. The van der Waals surface area contributed by atoms with Gasteiger partial charge in [0.2, 0.25) is 0 Å². The monoisotopic (exact) mass is 371 g/mol.